The predicted octanol–water partition coefficient (Wildman–Crippen LogP) is 1.08. The van der Waals surface area contributed by atoms with Gasteiger partial charge in [0.15, 0.2) is 0 Å². The van der Waals surface area contributed by atoms with E-state index in [1.807, 2.05) is 18.2 Å². The monoisotopic (exact) mass is 206 g/mol. The third-order valence-corrected chi connectivity index (χ3v) is 2.66. The molecular weight excluding hydrogens is 192 g/mol. The van der Waals surface area contributed by atoms with Crippen LogP contribution < -0.4 is 15.8 Å². The van der Waals surface area contributed by atoms with Crippen LogP contribution in [0.2, 0.25) is 0 Å². The molecule has 1 aliphatic rings. The number of hydrogen-bond acceptors (Lipinski definition) is 3. The van der Waals surface area contributed by atoms with Crippen molar-refractivity contribution in [1.29, 1.82) is 0 Å². The second-order valence-electron chi connectivity index (χ2n) is 3.57. The van der Waals surface area contributed by atoms with Gasteiger partial charge in [0.05, 0.1) is 13.0 Å². The molecule has 80 valence electrons. The zero-order valence-electron chi connectivity index (χ0n) is 8.62. The molecule has 2 rings (SSSR count). The van der Waals surface area contributed by atoms with E-state index in [9.17, 15) is 4.79 Å². The van der Waals surface area contributed by atoms with Gasteiger partial charge in [-0.3, -0.25) is 4.79 Å². The Morgan fingerprint density at radius 1 is 1.53 bits per heavy atom. The van der Waals surface area contributed by atoms with Gasteiger partial charge in [0.1, 0.15) is 5.75 Å². The number of carbonyl (C=O) groups is 1. The normalized spacial score (nSPS) is 18.5. The third kappa shape index (κ3) is 1.68. The smallest absolute Gasteiger partial charge is 0.232 e. The molecule has 1 atom stereocenters. The predicted molar refractivity (Wildman–Crippen MR) is 58.0 cm³/mol. The summed E-state index contributed by atoms with van der Waals surface area (Å²) in [4.78, 5) is 11.6. The number of amides is 1. The Balaban J connectivity index is 2.37. The fourth-order valence-electron chi connectivity index (χ4n) is 1.88. The number of benzene rings is 1. The molecule has 1 aromatic carbocycles. The Kier molecular flexibility index (Phi) is 2.60. The van der Waals surface area contributed by atoms with Crippen LogP contribution in [-0.2, 0) is 4.79 Å². The summed E-state index contributed by atoms with van der Waals surface area (Å²) in [5.41, 5.74) is 7.35. The Hall–Kier alpha value is -1.55. The number of rotatable bonds is 3. The molecule has 0 aromatic heterocycles. The van der Waals surface area contributed by atoms with E-state index in [4.69, 9.17) is 10.5 Å². The molecule has 1 amide bonds. The van der Waals surface area contributed by atoms with Crippen molar-refractivity contribution in [2.45, 2.75) is 12.3 Å². The third-order valence-electron chi connectivity index (χ3n) is 2.66. The highest BCUT2D eigenvalue weighted by atomic mass is 16.5. The van der Waals surface area contributed by atoms with Crippen molar-refractivity contribution in [3.8, 4) is 5.75 Å². The second kappa shape index (κ2) is 3.90. The van der Waals surface area contributed by atoms with Crippen LogP contribution in [-0.4, -0.2) is 19.6 Å². The first kappa shape index (κ1) is 9.98. The molecule has 15 heavy (non-hydrogen) atoms. The molecule has 1 heterocycles. The maximum atomic E-state index is 11.6. The van der Waals surface area contributed by atoms with E-state index >= 15 is 0 Å². The SMILES string of the molecule is COc1ccc2c(c1)[C@H](CCN)C(=O)N2. The number of fused-ring (bicyclic) bond motifs is 1. The first-order valence-corrected chi connectivity index (χ1v) is 4.95. The van der Waals surface area contributed by atoms with E-state index in [-0.39, 0.29) is 11.8 Å². The van der Waals surface area contributed by atoms with Gasteiger partial charge >= 0.3 is 0 Å². The number of anilines is 1. The number of nitrogens with one attached hydrogen (secondary N) is 1. The number of nitrogens with two attached hydrogens (primary N) is 1. The Labute approximate surface area is 88.4 Å². The average molecular weight is 206 g/mol. The van der Waals surface area contributed by atoms with Crippen LogP contribution in [0.3, 0.4) is 0 Å². The minimum atomic E-state index is -0.125. The molecule has 1 aliphatic heterocycles. The maximum absolute atomic E-state index is 11.6. The van der Waals surface area contributed by atoms with Crippen molar-refractivity contribution >= 4 is 11.6 Å². The van der Waals surface area contributed by atoms with Crippen molar-refractivity contribution < 1.29 is 9.53 Å². The molecule has 0 bridgehead atoms. The lowest BCUT2D eigenvalue weighted by Gasteiger charge is -2.07. The summed E-state index contributed by atoms with van der Waals surface area (Å²) in [6.45, 7) is 0.509. The highest BCUT2D eigenvalue weighted by Gasteiger charge is 2.29. The molecule has 0 spiro atoms. The van der Waals surface area contributed by atoms with E-state index in [1.54, 1.807) is 7.11 Å². The molecule has 0 aliphatic carbocycles. The number of methoxy groups -OCH3 is 1. The van der Waals surface area contributed by atoms with E-state index in [1.165, 1.54) is 0 Å². The maximum Gasteiger partial charge on any atom is 0.232 e. The van der Waals surface area contributed by atoms with Crippen LogP contribution in [0.15, 0.2) is 18.2 Å². The van der Waals surface area contributed by atoms with E-state index in [2.05, 4.69) is 5.32 Å². The van der Waals surface area contributed by atoms with E-state index in [0.29, 0.717) is 13.0 Å². The van der Waals surface area contributed by atoms with Gasteiger partial charge in [0.25, 0.3) is 0 Å². The van der Waals surface area contributed by atoms with E-state index in [0.717, 1.165) is 17.0 Å². The van der Waals surface area contributed by atoms with Crippen LogP contribution in [0.5, 0.6) is 5.75 Å². The summed E-state index contributed by atoms with van der Waals surface area (Å²) in [5.74, 6) is 0.677. The summed E-state index contributed by atoms with van der Waals surface area (Å²) < 4.78 is 5.13. The zero-order chi connectivity index (χ0) is 10.8. The number of ether oxygens (including phenoxy) is 1. The van der Waals surface area contributed by atoms with Crippen molar-refractivity contribution in [1.82, 2.24) is 0 Å². The summed E-state index contributed by atoms with van der Waals surface area (Å²) >= 11 is 0. The fourth-order valence-corrected chi connectivity index (χ4v) is 1.88. The van der Waals surface area contributed by atoms with Gasteiger partial charge in [-0.2, -0.15) is 0 Å². The van der Waals surface area contributed by atoms with Gasteiger partial charge in [-0.25, -0.2) is 0 Å². The Morgan fingerprint density at radius 2 is 2.33 bits per heavy atom. The summed E-state index contributed by atoms with van der Waals surface area (Å²) in [6.07, 6.45) is 0.673. The van der Waals surface area contributed by atoms with Crippen LogP contribution in [0.25, 0.3) is 0 Å². The molecule has 1 aromatic rings. The minimum Gasteiger partial charge on any atom is -0.497 e. The van der Waals surface area contributed by atoms with Crippen molar-refractivity contribution in [2.75, 3.05) is 19.0 Å². The Morgan fingerprint density at radius 3 is 3.00 bits per heavy atom. The summed E-state index contributed by atoms with van der Waals surface area (Å²) in [7, 11) is 1.61. The van der Waals surface area contributed by atoms with Gasteiger partial charge in [-0.15, -0.1) is 0 Å². The van der Waals surface area contributed by atoms with Gasteiger partial charge in [0, 0.05) is 5.69 Å². The molecule has 4 nitrogen and oxygen atoms in total. The quantitative estimate of drug-likeness (QED) is 0.777. The molecule has 0 fully saturated rings. The van der Waals surface area contributed by atoms with E-state index < -0.39 is 0 Å². The topological polar surface area (TPSA) is 64.3 Å². The standard InChI is InChI=1S/C11H14N2O2/c1-15-7-2-3-10-9(6-7)8(4-5-12)11(14)13-10/h2-3,6,8H,4-5,12H2,1H3,(H,13,14)/t8-/m0/s1. The highest BCUT2D eigenvalue weighted by molar-refractivity contribution is 6.03. The lowest BCUT2D eigenvalue weighted by Crippen LogP contribution is -2.15. The van der Waals surface area contributed by atoms with Crippen LogP contribution >= 0.6 is 0 Å². The first-order chi connectivity index (χ1) is 7.26. The summed E-state index contributed by atoms with van der Waals surface area (Å²) in [5, 5.41) is 2.83. The molecule has 3 N–H and O–H groups in total. The van der Waals surface area contributed by atoms with Gasteiger partial charge in [-0.1, -0.05) is 0 Å². The molecule has 0 saturated heterocycles. The lowest BCUT2D eigenvalue weighted by molar-refractivity contribution is -0.117. The van der Waals surface area contributed by atoms with Gasteiger partial charge in [0.2, 0.25) is 5.91 Å². The van der Waals surface area contributed by atoms with Crippen LogP contribution in [0.4, 0.5) is 5.69 Å². The van der Waals surface area contributed by atoms with Crippen molar-refractivity contribution in [3.05, 3.63) is 23.8 Å². The zero-order valence-corrected chi connectivity index (χ0v) is 8.62. The molecule has 0 radical (unpaired) electrons. The summed E-state index contributed by atoms with van der Waals surface area (Å²) in [6, 6.07) is 5.60. The van der Waals surface area contributed by atoms with Crippen molar-refractivity contribution in [3.63, 3.8) is 0 Å². The van der Waals surface area contributed by atoms with Gasteiger partial charge in [-0.05, 0) is 36.7 Å². The lowest BCUT2D eigenvalue weighted by atomic mass is 9.97. The van der Waals surface area contributed by atoms with Crippen molar-refractivity contribution in [2.24, 2.45) is 5.73 Å². The van der Waals surface area contributed by atoms with Crippen LogP contribution in [0, 0.1) is 0 Å². The van der Waals surface area contributed by atoms with Crippen LogP contribution in [0.1, 0.15) is 17.9 Å². The van der Waals surface area contributed by atoms with Gasteiger partial charge < -0.3 is 15.8 Å². The largest absolute Gasteiger partial charge is 0.497 e. The first-order valence-electron chi connectivity index (χ1n) is 4.95. The number of carbonyl (C=O) groups excluding carboxylic acids is 1. The average Bonchev–Trinajstić information content (AvgIpc) is 2.55. The Bertz CT molecular complexity index is 390. The molecule has 0 saturated carbocycles. The molecular formula is C11H14N2O2. The number of hydrogen-bond donors (Lipinski definition) is 2. The molecule has 4 heteroatoms. The second-order valence-corrected chi connectivity index (χ2v) is 3.57. The highest BCUT2D eigenvalue weighted by Crippen LogP contribution is 2.36. The molecule has 0 unspecified atom stereocenters. The minimum absolute atomic E-state index is 0.0312. The fraction of sp³-hybridized carbons (Fsp3) is 0.364.